The Hall–Kier alpha value is -2.44. The Morgan fingerprint density at radius 3 is 2.43 bits per heavy atom. The molecule has 0 aliphatic heterocycles. The molecule has 6 nitrogen and oxygen atoms in total. The van der Waals surface area contributed by atoms with Crippen molar-refractivity contribution < 1.29 is 14.8 Å². The summed E-state index contributed by atoms with van der Waals surface area (Å²) in [6.07, 6.45) is -0.0716. The van der Waals surface area contributed by atoms with E-state index in [0.717, 1.165) is 5.56 Å². The van der Waals surface area contributed by atoms with Crippen molar-refractivity contribution in [3.8, 4) is 11.1 Å². The van der Waals surface area contributed by atoms with E-state index in [9.17, 15) is 14.9 Å². The van der Waals surface area contributed by atoms with Crippen LogP contribution in [-0.2, 0) is 4.79 Å². The number of hydrogen-bond acceptors (Lipinski definition) is 4. The van der Waals surface area contributed by atoms with E-state index in [2.05, 4.69) is 0 Å². The number of aliphatic carboxylic acids is 1. The fourth-order valence-electron chi connectivity index (χ4n) is 2.33. The molecular weight excluding hydrogens is 320 g/mol. The summed E-state index contributed by atoms with van der Waals surface area (Å²) in [5.74, 6) is -1.24. The molecule has 0 spiro atoms. The Balaban J connectivity index is 2.40. The normalized spacial score (nSPS) is 11.9. The van der Waals surface area contributed by atoms with E-state index >= 15 is 0 Å². The molecule has 0 unspecified atom stereocenters. The molecule has 0 aliphatic rings. The van der Waals surface area contributed by atoms with Crippen LogP contribution in [0.15, 0.2) is 42.5 Å². The van der Waals surface area contributed by atoms with Gasteiger partial charge in [0.15, 0.2) is 0 Å². The summed E-state index contributed by atoms with van der Waals surface area (Å²) in [7, 11) is 0. The number of non-ortho nitro benzene ring substituents is 1. The number of nitro groups is 1. The summed E-state index contributed by atoms with van der Waals surface area (Å²) in [6.45, 7) is 0.202. The zero-order valence-corrected chi connectivity index (χ0v) is 12.9. The molecule has 0 radical (unpaired) electrons. The molecule has 0 heterocycles. The zero-order valence-electron chi connectivity index (χ0n) is 12.1. The second-order valence-corrected chi connectivity index (χ2v) is 5.48. The van der Waals surface area contributed by atoms with Gasteiger partial charge >= 0.3 is 5.97 Å². The number of benzene rings is 2. The van der Waals surface area contributed by atoms with Gasteiger partial charge in [0.25, 0.3) is 5.69 Å². The average Bonchev–Trinajstić information content (AvgIpc) is 2.53. The van der Waals surface area contributed by atoms with E-state index < -0.39 is 10.9 Å². The smallest absolute Gasteiger partial charge is 0.304 e. The standard InChI is InChI=1S/C16H15ClN2O4/c17-15-6-3-11(12(9-18)8-16(20)21)7-14(15)10-1-4-13(5-2-10)19(22)23/h1-7,12H,8-9,18H2,(H,20,21)/t12-/m0/s1. The first kappa shape index (κ1) is 16.9. The fraction of sp³-hybridized carbons (Fsp3) is 0.188. The Morgan fingerprint density at radius 1 is 1.26 bits per heavy atom. The number of nitro benzene ring substituents is 1. The van der Waals surface area contributed by atoms with Crippen molar-refractivity contribution in [2.45, 2.75) is 12.3 Å². The molecule has 0 fully saturated rings. The highest BCUT2D eigenvalue weighted by Gasteiger charge is 2.16. The van der Waals surface area contributed by atoms with Gasteiger partial charge in [-0.15, -0.1) is 0 Å². The van der Waals surface area contributed by atoms with E-state index in [1.807, 2.05) is 0 Å². The van der Waals surface area contributed by atoms with Crippen LogP contribution in [0.3, 0.4) is 0 Å². The van der Waals surface area contributed by atoms with Gasteiger partial charge in [-0.05, 0) is 41.9 Å². The van der Waals surface area contributed by atoms with Gasteiger partial charge < -0.3 is 10.8 Å². The minimum atomic E-state index is -0.924. The molecule has 2 rings (SSSR count). The van der Waals surface area contributed by atoms with Crippen LogP contribution in [0.1, 0.15) is 17.9 Å². The number of hydrogen-bond donors (Lipinski definition) is 2. The van der Waals surface area contributed by atoms with Gasteiger partial charge in [-0.1, -0.05) is 17.7 Å². The topological polar surface area (TPSA) is 106 Å². The number of rotatable bonds is 6. The molecule has 3 N–H and O–H groups in total. The van der Waals surface area contributed by atoms with Gasteiger partial charge in [-0.3, -0.25) is 14.9 Å². The molecule has 120 valence electrons. The molecule has 0 aromatic heterocycles. The van der Waals surface area contributed by atoms with Crippen molar-refractivity contribution in [3.05, 3.63) is 63.2 Å². The van der Waals surface area contributed by atoms with E-state index in [1.165, 1.54) is 12.1 Å². The molecule has 0 amide bonds. The third-order valence-electron chi connectivity index (χ3n) is 3.56. The second kappa shape index (κ2) is 7.21. The van der Waals surface area contributed by atoms with Crippen molar-refractivity contribution in [3.63, 3.8) is 0 Å². The minimum Gasteiger partial charge on any atom is -0.481 e. The fourth-order valence-corrected chi connectivity index (χ4v) is 2.56. The Bertz CT molecular complexity index is 731. The van der Waals surface area contributed by atoms with E-state index in [0.29, 0.717) is 16.1 Å². The number of carboxylic acids is 1. The third kappa shape index (κ3) is 4.06. The van der Waals surface area contributed by atoms with E-state index in [1.54, 1.807) is 30.3 Å². The van der Waals surface area contributed by atoms with E-state index in [4.69, 9.17) is 22.4 Å². The van der Waals surface area contributed by atoms with Gasteiger partial charge in [-0.25, -0.2) is 0 Å². The van der Waals surface area contributed by atoms with Gasteiger partial charge in [-0.2, -0.15) is 0 Å². The molecule has 0 saturated heterocycles. The number of carbonyl (C=O) groups is 1. The van der Waals surface area contributed by atoms with Gasteiger partial charge in [0.1, 0.15) is 0 Å². The predicted molar refractivity (Wildman–Crippen MR) is 87.6 cm³/mol. The van der Waals surface area contributed by atoms with Crippen molar-refractivity contribution >= 4 is 23.3 Å². The largest absolute Gasteiger partial charge is 0.481 e. The summed E-state index contributed by atoms with van der Waals surface area (Å²) in [4.78, 5) is 21.2. The van der Waals surface area contributed by atoms with Crippen molar-refractivity contribution in [2.24, 2.45) is 5.73 Å². The van der Waals surface area contributed by atoms with Crippen LogP contribution in [0.2, 0.25) is 5.02 Å². The van der Waals surface area contributed by atoms with Crippen LogP contribution >= 0.6 is 11.6 Å². The lowest BCUT2D eigenvalue weighted by Gasteiger charge is -2.15. The quantitative estimate of drug-likeness (QED) is 0.621. The first-order valence-corrected chi connectivity index (χ1v) is 7.26. The monoisotopic (exact) mass is 334 g/mol. The molecule has 23 heavy (non-hydrogen) atoms. The van der Waals surface area contributed by atoms with Crippen LogP contribution in [0, 0.1) is 10.1 Å². The first-order chi connectivity index (χ1) is 10.9. The first-order valence-electron chi connectivity index (χ1n) is 6.88. The Kier molecular flexibility index (Phi) is 5.31. The maximum absolute atomic E-state index is 10.9. The lowest BCUT2D eigenvalue weighted by Crippen LogP contribution is -2.16. The summed E-state index contributed by atoms with van der Waals surface area (Å²) in [5, 5.41) is 20.1. The molecule has 2 aromatic rings. The second-order valence-electron chi connectivity index (χ2n) is 5.07. The van der Waals surface area contributed by atoms with Crippen LogP contribution in [-0.4, -0.2) is 22.5 Å². The van der Waals surface area contributed by atoms with E-state index in [-0.39, 0.29) is 24.6 Å². The average molecular weight is 335 g/mol. The molecule has 2 aromatic carbocycles. The van der Waals surface area contributed by atoms with Crippen LogP contribution in [0.5, 0.6) is 0 Å². The third-order valence-corrected chi connectivity index (χ3v) is 3.89. The minimum absolute atomic E-state index is 0.00765. The number of halogens is 1. The summed E-state index contributed by atoms with van der Waals surface area (Å²) >= 11 is 6.21. The summed E-state index contributed by atoms with van der Waals surface area (Å²) in [5.41, 5.74) is 7.82. The molecule has 7 heteroatoms. The highest BCUT2D eigenvalue weighted by Crippen LogP contribution is 2.32. The molecule has 0 bridgehead atoms. The molecular formula is C16H15ClN2O4. The van der Waals surface area contributed by atoms with Crippen molar-refractivity contribution in [2.75, 3.05) is 6.54 Å². The number of nitrogens with two attached hydrogens (primary N) is 1. The SMILES string of the molecule is NC[C@H](CC(=O)O)c1ccc(Cl)c(-c2ccc([N+](=O)[O-])cc2)c1. The van der Waals surface area contributed by atoms with Crippen LogP contribution < -0.4 is 5.73 Å². The van der Waals surface area contributed by atoms with Gasteiger partial charge in [0, 0.05) is 28.6 Å². The van der Waals surface area contributed by atoms with Crippen LogP contribution in [0.25, 0.3) is 11.1 Å². The lowest BCUT2D eigenvalue weighted by molar-refractivity contribution is -0.384. The molecule has 0 saturated carbocycles. The predicted octanol–water partition coefficient (Wildman–Crippen LogP) is 3.43. The van der Waals surface area contributed by atoms with Crippen molar-refractivity contribution in [1.82, 2.24) is 0 Å². The number of carboxylic acid groups (broad SMARTS) is 1. The zero-order chi connectivity index (χ0) is 17.0. The Labute approximate surface area is 137 Å². The Morgan fingerprint density at radius 2 is 1.91 bits per heavy atom. The summed E-state index contributed by atoms with van der Waals surface area (Å²) < 4.78 is 0. The van der Waals surface area contributed by atoms with Gasteiger partial charge in [0.2, 0.25) is 0 Å². The maximum atomic E-state index is 10.9. The maximum Gasteiger partial charge on any atom is 0.304 e. The summed E-state index contributed by atoms with van der Waals surface area (Å²) in [6, 6.07) is 11.2. The van der Waals surface area contributed by atoms with Crippen molar-refractivity contribution in [1.29, 1.82) is 0 Å². The highest BCUT2D eigenvalue weighted by molar-refractivity contribution is 6.33. The highest BCUT2D eigenvalue weighted by atomic mass is 35.5. The lowest BCUT2D eigenvalue weighted by atomic mass is 9.92. The van der Waals surface area contributed by atoms with Crippen LogP contribution in [0.4, 0.5) is 5.69 Å². The molecule has 1 atom stereocenters. The molecule has 0 aliphatic carbocycles. The number of nitrogens with zero attached hydrogens (tertiary/aromatic N) is 1. The van der Waals surface area contributed by atoms with Gasteiger partial charge in [0.05, 0.1) is 11.3 Å².